The fourth-order valence-electron chi connectivity index (χ4n) is 7.35. The summed E-state index contributed by atoms with van der Waals surface area (Å²) in [6.45, 7) is 3.75. The second kappa shape index (κ2) is 13.4. The number of ether oxygens (including phenoxy) is 2. The average Bonchev–Trinajstić information content (AvgIpc) is 3.88. The number of aromatic hydroxyl groups is 1. The minimum Gasteiger partial charge on any atom is -0.510 e. The van der Waals surface area contributed by atoms with Crippen LogP contribution in [0.2, 0.25) is 0 Å². The van der Waals surface area contributed by atoms with Crippen molar-refractivity contribution >= 4 is 46.8 Å². The van der Waals surface area contributed by atoms with E-state index in [0.717, 1.165) is 4.90 Å². The zero-order valence-corrected chi connectivity index (χ0v) is 30.1. The molecule has 5 rings (SSSR count). The zero-order chi connectivity index (χ0) is 38.8. The minimum absolute atomic E-state index is 0.0405. The van der Waals surface area contributed by atoms with E-state index in [2.05, 4.69) is 5.32 Å². The van der Waals surface area contributed by atoms with Gasteiger partial charge in [0.15, 0.2) is 17.1 Å². The molecule has 1 aromatic rings. The zero-order valence-electron chi connectivity index (χ0n) is 30.1. The van der Waals surface area contributed by atoms with Crippen molar-refractivity contribution < 1.29 is 58.7 Å². The van der Waals surface area contributed by atoms with Crippen molar-refractivity contribution in [3.63, 3.8) is 0 Å². The Balaban J connectivity index is 1.49. The van der Waals surface area contributed by atoms with Crippen LogP contribution in [0.25, 0.3) is 0 Å². The second-order valence-electron chi connectivity index (χ2n) is 15.1. The number of fused-ring (bicyclic) bond motifs is 3. The normalized spacial score (nSPS) is 24.1. The van der Waals surface area contributed by atoms with Crippen LogP contribution in [0.3, 0.4) is 0 Å². The Hall–Kier alpha value is -5.16. The molecule has 4 aliphatic carbocycles. The molecular weight excluding hydrogens is 682 g/mol. The average molecular weight is 728 g/mol. The van der Waals surface area contributed by atoms with Crippen molar-refractivity contribution in [1.82, 2.24) is 9.80 Å². The Morgan fingerprint density at radius 2 is 1.67 bits per heavy atom. The molecule has 0 spiro atoms. The summed E-state index contributed by atoms with van der Waals surface area (Å²) in [6.07, 6.45) is 0.424. The van der Waals surface area contributed by atoms with Gasteiger partial charge in [-0.2, -0.15) is 0 Å². The number of benzene rings is 1. The Morgan fingerprint density at radius 1 is 1.04 bits per heavy atom. The molecule has 17 heteroatoms. The number of nitrogens with two attached hydrogens (primary N) is 1. The molecule has 4 aliphatic rings. The smallest absolute Gasteiger partial charge is 0.413 e. The number of likely N-dealkylation sites (N-methyl/N-ethyl adjacent to an activating group) is 1. The predicted molar refractivity (Wildman–Crippen MR) is 183 cm³/mol. The molecular formula is C35H45N5O12. The number of allylic oxidation sites excluding steroid dienone is 1. The molecule has 4 atom stereocenters. The molecule has 1 fully saturated rings. The first-order valence-corrected chi connectivity index (χ1v) is 16.7. The lowest BCUT2D eigenvalue weighted by Crippen LogP contribution is -2.63. The van der Waals surface area contributed by atoms with Crippen LogP contribution >= 0.6 is 0 Å². The van der Waals surface area contributed by atoms with Gasteiger partial charge in [0.2, 0.25) is 18.5 Å². The van der Waals surface area contributed by atoms with Crippen LogP contribution in [-0.4, -0.2) is 124 Å². The van der Waals surface area contributed by atoms with Crippen molar-refractivity contribution in [3.8, 4) is 5.75 Å². The molecule has 52 heavy (non-hydrogen) atoms. The number of phenols is 1. The number of amides is 3. The minimum atomic E-state index is -2.81. The highest BCUT2D eigenvalue weighted by Crippen LogP contribution is 2.54. The summed E-state index contributed by atoms with van der Waals surface area (Å²) >= 11 is 0. The van der Waals surface area contributed by atoms with E-state index in [4.69, 9.17) is 15.2 Å². The van der Waals surface area contributed by atoms with E-state index in [1.54, 1.807) is 53.9 Å². The molecule has 1 saturated carbocycles. The van der Waals surface area contributed by atoms with Gasteiger partial charge in [0, 0.05) is 36.8 Å². The van der Waals surface area contributed by atoms with Crippen LogP contribution in [0, 0.1) is 17.8 Å². The number of anilines is 2. The van der Waals surface area contributed by atoms with Gasteiger partial charge < -0.3 is 45.9 Å². The molecule has 0 bridgehead atoms. The number of phenolic OH excluding ortho intramolecular Hbond substituents is 1. The summed E-state index contributed by atoms with van der Waals surface area (Å²) < 4.78 is 10.1. The van der Waals surface area contributed by atoms with Gasteiger partial charge in [-0.15, -0.1) is 0 Å². The molecule has 0 radical (unpaired) electrons. The molecule has 0 unspecified atom stereocenters. The number of Topliss-reactive ketones (excluding diaryl/α,β-unsaturated/α-hetero) is 2. The fraction of sp³-hybridized carbons (Fsp3) is 0.543. The Morgan fingerprint density at radius 3 is 2.21 bits per heavy atom. The van der Waals surface area contributed by atoms with Gasteiger partial charge in [0.05, 0.1) is 23.2 Å². The number of ketones is 2. The predicted octanol–water partition coefficient (Wildman–Crippen LogP) is 1.27. The molecule has 0 aliphatic heterocycles. The molecule has 7 N–H and O–H groups in total. The molecule has 1 aromatic carbocycles. The van der Waals surface area contributed by atoms with E-state index in [1.807, 2.05) is 0 Å². The number of nitrogens with one attached hydrogen (secondary N) is 1. The number of rotatable bonds is 9. The summed E-state index contributed by atoms with van der Waals surface area (Å²) in [5.41, 5.74) is 0.653. The van der Waals surface area contributed by atoms with Crippen LogP contribution < -0.4 is 16.0 Å². The van der Waals surface area contributed by atoms with Gasteiger partial charge in [-0.05, 0) is 78.1 Å². The summed E-state index contributed by atoms with van der Waals surface area (Å²) in [5.74, 6) is -9.41. The van der Waals surface area contributed by atoms with E-state index in [-0.39, 0.29) is 35.6 Å². The quantitative estimate of drug-likeness (QED) is 0.0908. The number of hydrogen-bond donors (Lipinski definition) is 6. The Kier molecular flexibility index (Phi) is 9.84. The van der Waals surface area contributed by atoms with Crippen molar-refractivity contribution in [2.75, 3.05) is 51.7 Å². The van der Waals surface area contributed by atoms with Crippen molar-refractivity contribution in [1.29, 1.82) is 0 Å². The highest BCUT2D eigenvalue weighted by molar-refractivity contribution is 6.25. The molecule has 3 amide bonds. The first-order chi connectivity index (χ1) is 24.1. The standard InChI is InChI=1S/C35H45N5O12/c1-34(2,3)40(33(49)52-14-51-32(48)15-8-9-15)13-21(41)37-19-12-20(38(4)5)17-10-16-11-18-25(39(6)7)28(44)24(31(36)47)30(46)35(18,50)29(45)22(16)27(43)23(17)26(19)42/h12,15-16,18,25,42,44-45,50H,8-11,13-14H2,1-7H3,(H2,36,47)(H,37,41)/t16-,18-,25-,35-/m0/s1. The largest absolute Gasteiger partial charge is 0.510 e. The third kappa shape index (κ3) is 6.42. The molecule has 0 heterocycles. The lowest BCUT2D eigenvalue weighted by Gasteiger charge is -2.50. The number of aliphatic hydroxyl groups is 3. The van der Waals surface area contributed by atoms with Crippen molar-refractivity contribution in [2.24, 2.45) is 23.5 Å². The van der Waals surface area contributed by atoms with Crippen molar-refractivity contribution in [2.45, 2.75) is 63.6 Å². The number of carbonyl (C=O) groups is 6. The number of esters is 1. The third-order valence-corrected chi connectivity index (χ3v) is 10.1. The first-order valence-electron chi connectivity index (χ1n) is 16.7. The number of nitrogens with zero attached hydrogens (tertiary/aromatic N) is 3. The number of hydrogen-bond acceptors (Lipinski definition) is 14. The van der Waals surface area contributed by atoms with E-state index in [1.165, 1.54) is 11.0 Å². The van der Waals surface area contributed by atoms with E-state index >= 15 is 0 Å². The first kappa shape index (κ1) is 38.1. The highest BCUT2D eigenvalue weighted by atomic mass is 16.7. The van der Waals surface area contributed by atoms with Gasteiger partial charge in [0.1, 0.15) is 23.6 Å². The Bertz CT molecular complexity index is 1820. The molecule has 17 nitrogen and oxygen atoms in total. The maximum absolute atomic E-state index is 14.3. The van der Waals surface area contributed by atoms with Crippen LogP contribution in [0.4, 0.5) is 16.2 Å². The van der Waals surface area contributed by atoms with Gasteiger partial charge in [0.25, 0.3) is 5.91 Å². The number of primary amides is 1. The maximum atomic E-state index is 14.3. The maximum Gasteiger partial charge on any atom is 0.413 e. The molecule has 0 aromatic heterocycles. The topological polar surface area (TPSA) is 250 Å². The monoisotopic (exact) mass is 727 g/mol. The summed E-state index contributed by atoms with van der Waals surface area (Å²) in [7, 11) is 6.44. The lowest BCUT2D eigenvalue weighted by molar-refractivity contribution is -0.154. The van der Waals surface area contributed by atoms with Crippen molar-refractivity contribution in [3.05, 3.63) is 39.9 Å². The van der Waals surface area contributed by atoms with E-state index in [9.17, 15) is 49.2 Å². The van der Waals surface area contributed by atoms with Crippen LogP contribution in [0.15, 0.2) is 28.7 Å². The highest BCUT2D eigenvalue weighted by Gasteiger charge is 2.63. The van der Waals surface area contributed by atoms with Crippen LogP contribution in [-0.2, 0) is 35.1 Å². The van der Waals surface area contributed by atoms with Gasteiger partial charge in [-0.3, -0.25) is 33.8 Å². The van der Waals surface area contributed by atoms with Crippen LogP contribution in [0.5, 0.6) is 5.75 Å². The summed E-state index contributed by atoms with van der Waals surface area (Å²) in [5, 5.41) is 48.5. The summed E-state index contributed by atoms with van der Waals surface area (Å²) in [6, 6.07) is 0.317. The van der Waals surface area contributed by atoms with Gasteiger partial charge in [-0.1, -0.05) is 0 Å². The van der Waals surface area contributed by atoms with E-state index < -0.39 is 101 Å². The Labute approximate surface area is 299 Å². The summed E-state index contributed by atoms with van der Waals surface area (Å²) in [4.78, 5) is 82.6. The lowest BCUT2D eigenvalue weighted by atomic mass is 9.58. The van der Waals surface area contributed by atoms with Gasteiger partial charge in [-0.25, -0.2) is 4.79 Å². The molecule has 282 valence electrons. The number of aliphatic hydroxyl groups excluding tert-OH is 2. The van der Waals surface area contributed by atoms with E-state index in [0.29, 0.717) is 24.1 Å². The van der Waals surface area contributed by atoms with Crippen LogP contribution in [0.1, 0.15) is 56.0 Å². The fourth-order valence-corrected chi connectivity index (χ4v) is 7.35. The SMILES string of the molecule is CN(C)c1cc(NC(=O)CN(C(=O)OCOC(=O)C2CC2)C(C)(C)C)c(O)c2c1C[C@H]1C[C@H]3[C@H](N(C)C)C(O)=C(C(N)=O)C(=O)[C@@]3(O)C(O)=C1C2=O. The second-order valence-corrected chi connectivity index (χ2v) is 15.1. The molecule has 0 saturated heterocycles. The van der Waals surface area contributed by atoms with Gasteiger partial charge >= 0.3 is 12.1 Å². The number of carbonyl (C=O) groups excluding carboxylic acids is 6. The third-order valence-electron chi connectivity index (χ3n) is 10.1.